The molecule has 0 spiro atoms. The Morgan fingerprint density at radius 3 is 2.58 bits per heavy atom. The van der Waals surface area contributed by atoms with Crippen molar-refractivity contribution >= 4 is 12.4 Å². The Labute approximate surface area is 81.3 Å². The lowest BCUT2D eigenvalue weighted by molar-refractivity contribution is 0.171. The highest BCUT2D eigenvalue weighted by molar-refractivity contribution is 5.85. The molecule has 1 heterocycles. The topological polar surface area (TPSA) is 35.2 Å². The Kier molecular flexibility index (Phi) is 5.14. The highest BCUT2D eigenvalue weighted by Crippen LogP contribution is 2.28. The number of halogens is 1. The van der Waals surface area contributed by atoms with Crippen LogP contribution in [0, 0.1) is 11.3 Å². The van der Waals surface area contributed by atoms with Crippen molar-refractivity contribution < 1.29 is 4.74 Å². The molecule has 2 nitrogen and oxygen atoms in total. The summed E-state index contributed by atoms with van der Waals surface area (Å²) in [7, 11) is 0. The minimum absolute atomic E-state index is 0. The quantitative estimate of drug-likeness (QED) is 0.742. The molecule has 1 fully saturated rings. The first-order valence-corrected chi connectivity index (χ1v) is 4.42. The molecule has 0 aromatic rings. The zero-order valence-corrected chi connectivity index (χ0v) is 8.82. The molecule has 0 bridgehead atoms. The minimum Gasteiger partial charge on any atom is -0.381 e. The van der Waals surface area contributed by atoms with E-state index in [-0.39, 0.29) is 12.4 Å². The van der Waals surface area contributed by atoms with Crippen LogP contribution in [0.25, 0.3) is 0 Å². The van der Waals surface area contributed by atoms with Crippen LogP contribution in [0.15, 0.2) is 0 Å². The van der Waals surface area contributed by atoms with Gasteiger partial charge in [-0.15, -0.1) is 12.4 Å². The molecule has 0 radical (unpaired) electrons. The number of nitrogens with two attached hydrogens (primary N) is 1. The van der Waals surface area contributed by atoms with Crippen molar-refractivity contribution in [2.75, 3.05) is 19.8 Å². The van der Waals surface area contributed by atoms with Crippen molar-refractivity contribution in [2.45, 2.75) is 26.7 Å². The van der Waals surface area contributed by atoms with E-state index < -0.39 is 0 Å². The molecular formula is C9H20ClNO. The normalized spacial score (nSPS) is 23.8. The van der Waals surface area contributed by atoms with E-state index in [4.69, 9.17) is 10.5 Å². The van der Waals surface area contributed by atoms with Crippen molar-refractivity contribution in [3.05, 3.63) is 0 Å². The van der Waals surface area contributed by atoms with Crippen molar-refractivity contribution in [2.24, 2.45) is 17.1 Å². The molecule has 1 saturated heterocycles. The fourth-order valence-electron chi connectivity index (χ4n) is 1.61. The van der Waals surface area contributed by atoms with Gasteiger partial charge in [-0.2, -0.15) is 0 Å². The number of hydrogen-bond acceptors (Lipinski definition) is 2. The van der Waals surface area contributed by atoms with E-state index in [1.807, 2.05) is 0 Å². The molecule has 0 saturated carbocycles. The van der Waals surface area contributed by atoms with Crippen LogP contribution in [0.3, 0.4) is 0 Å². The predicted octanol–water partition coefficient (Wildman–Crippen LogP) is 1.82. The Morgan fingerprint density at radius 2 is 2.17 bits per heavy atom. The Balaban J connectivity index is 0.00000121. The molecule has 0 amide bonds. The van der Waals surface area contributed by atoms with E-state index in [2.05, 4.69) is 13.8 Å². The molecular weight excluding hydrogens is 174 g/mol. The van der Waals surface area contributed by atoms with Gasteiger partial charge in [-0.3, -0.25) is 0 Å². The zero-order chi connectivity index (χ0) is 8.32. The first-order valence-electron chi connectivity index (χ1n) is 4.42. The van der Waals surface area contributed by atoms with Crippen LogP contribution in [0.4, 0.5) is 0 Å². The second-order valence-corrected chi connectivity index (χ2v) is 4.30. The van der Waals surface area contributed by atoms with E-state index in [0.29, 0.717) is 5.41 Å². The van der Waals surface area contributed by atoms with E-state index in [9.17, 15) is 0 Å². The molecule has 1 unspecified atom stereocenters. The van der Waals surface area contributed by atoms with Gasteiger partial charge in [0, 0.05) is 13.2 Å². The molecule has 0 aromatic carbocycles. The third-order valence-electron chi connectivity index (χ3n) is 2.42. The largest absolute Gasteiger partial charge is 0.381 e. The molecule has 74 valence electrons. The molecule has 0 aliphatic carbocycles. The summed E-state index contributed by atoms with van der Waals surface area (Å²) in [5.41, 5.74) is 5.95. The lowest BCUT2D eigenvalue weighted by Gasteiger charge is -2.25. The molecule has 1 aliphatic rings. The SMILES string of the molecule is CC(C)(CN)CC1CCOC1.Cl. The molecule has 1 rings (SSSR count). The molecule has 2 N–H and O–H groups in total. The number of ether oxygens (including phenoxy) is 1. The number of rotatable bonds is 3. The monoisotopic (exact) mass is 193 g/mol. The van der Waals surface area contributed by atoms with Gasteiger partial charge in [-0.25, -0.2) is 0 Å². The van der Waals surface area contributed by atoms with Gasteiger partial charge in [-0.05, 0) is 30.7 Å². The Morgan fingerprint density at radius 1 is 1.50 bits per heavy atom. The van der Waals surface area contributed by atoms with Crippen LogP contribution in [-0.4, -0.2) is 19.8 Å². The van der Waals surface area contributed by atoms with Crippen LogP contribution < -0.4 is 5.73 Å². The lowest BCUT2D eigenvalue weighted by atomic mass is 9.82. The zero-order valence-electron chi connectivity index (χ0n) is 8.01. The van der Waals surface area contributed by atoms with Crippen LogP contribution >= 0.6 is 12.4 Å². The Hall–Kier alpha value is 0.210. The van der Waals surface area contributed by atoms with Crippen LogP contribution in [0.1, 0.15) is 26.7 Å². The smallest absolute Gasteiger partial charge is 0.0495 e. The van der Waals surface area contributed by atoms with Crippen LogP contribution in [-0.2, 0) is 4.74 Å². The third-order valence-corrected chi connectivity index (χ3v) is 2.42. The van der Waals surface area contributed by atoms with Crippen molar-refractivity contribution in [1.29, 1.82) is 0 Å². The predicted molar refractivity (Wildman–Crippen MR) is 53.6 cm³/mol. The van der Waals surface area contributed by atoms with Gasteiger partial charge >= 0.3 is 0 Å². The molecule has 0 aromatic heterocycles. The summed E-state index contributed by atoms with van der Waals surface area (Å²) in [4.78, 5) is 0. The highest BCUT2D eigenvalue weighted by atomic mass is 35.5. The third kappa shape index (κ3) is 3.74. The van der Waals surface area contributed by atoms with E-state index in [0.717, 1.165) is 25.7 Å². The minimum atomic E-state index is 0. The summed E-state index contributed by atoms with van der Waals surface area (Å²) in [6.07, 6.45) is 2.44. The molecule has 3 heteroatoms. The fourth-order valence-corrected chi connectivity index (χ4v) is 1.61. The maximum atomic E-state index is 5.64. The van der Waals surface area contributed by atoms with E-state index >= 15 is 0 Å². The second kappa shape index (κ2) is 5.05. The standard InChI is InChI=1S/C9H19NO.ClH/c1-9(2,7-10)5-8-3-4-11-6-8;/h8H,3-7,10H2,1-2H3;1H. The summed E-state index contributed by atoms with van der Waals surface area (Å²) in [5, 5.41) is 0. The summed E-state index contributed by atoms with van der Waals surface area (Å²) in [6, 6.07) is 0. The van der Waals surface area contributed by atoms with Gasteiger partial charge in [0.2, 0.25) is 0 Å². The lowest BCUT2D eigenvalue weighted by Crippen LogP contribution is -2.26. The van der Waals surface area contributed by atoms with Gasteiger partial charge < -0.3 is 10.5 Å². The summed E-state index contributed by atoms with van der Waals surface area (Å²) in [5.74, 6) is 0.758. The summed E-state index contributed by atoms with van der Waals surface area (Å²) in [6.45, 7) is 7.13. The fraction of sp³-hybridized carbons (Fsp3) is 1.00. The maximum absolute atomic E-state index is 5.64. The van der Waals surface area contributed by atoms with E-state index in [1.54, 1.807) is 0 Å². The molecule has 1 aliphatic heterocycles. The van der Waals surface area contributed by atoms with Crippen LogP contribution in [0.5, 0.6) is 0 Å². The highest BCUT2D eigenvalue weighted by Gasteiger charge is 2.24. The molecule has 1 atom stereocenters. The van der Waals surface area contributed by atoms with E-state index in [1.165, 1.54) is 12.8 Å². The average molecular weight is 194 g/mol. The summed E-state index contributed by atoms with van der Waals surface area (Å²) < 4.78 is 5.31. The maximum Gasteiger partial charge on any atom is 0.0495 e. The molecule has 12 heavy (non-hydrogen) atoms. The first kappa shape index (κ1) is 12.2. The van der Waals surface area contributed by atoms with Gasteiger partial charge in [0.1, 0.15) is 0 Å². The van der Waals surface area contributed by atoms with Gasteiger partial charge in [-0.1, -0.05) is 13.8 Å². The second-order valence-electron chi connectivity index (χ2n) is 4.30. The van der Waals surface area contributed by atoms with Gasteiger partial charge in [0.15, 0.2) is 0 Å². The van der Waals surface area contributed by atoms with Crippen molar-refractivity contribution in [1.82, 2.24) is 0 Å². The van der Waals surface area contributed by atoms with Gasteiger partial charge in [0.25, 0.3) is 0 Å². The van der Waals surface area contributed by atoms with Gasteiger partial charge in [0.05, 0.1) is 0 Å². The first-order chi connectivity index (χ1) is 5.14. The summed E-state index contributed by atoms with van der Waals surface area (Å²) >= 11 is 0. The van der Waals surface area contributed by atoms with Crippen LogP contribution in [0.2, 0.25) is 0 Å². The van der Waals surface area contributed by atoms with Crippen molar-refractivity contribution in [3.8, 4) is 0 Å². The van der Waals surface area contributed by atoms with Crippen molar-refractivity contribution in [3.63, 3.8) is 0 Å². The number of hydrogen-bond donors (Lipinski definition) is 1. The average Bonchev–Trinajstić information content (AvgIpc) is 2.39. The Bertz CT molecular complexity index is 122.